The predicted octanol–water partition coefficient (Wildman–Crippen LogP) is 1.43. The lowest BCUT2D eigenvalue weighted by atomic mass is 10.1. The summed E-state index contributed by atoms with van der Waals surface area (Å²) < 4.78 is 4.71. The van der Waals surface area contributed by atoms with Crippen molar-refractivity contribution in [1.82, 2.24) is 15.3 Å². The number of fused-ring (bicyclic) bond motifs is 1. The molecule has 0 aliphatic carbocycles. The number of aromatic nitrogens is 2. The van der Waals surface area contributed by atoms with Crippen molar-refractivity contribution >= 4 is 17.0 Å². The molecule has 2 aromatic rings. The van der Waals surface area contributed by atoms with Crippen LogP contribution in [0.2, 0.25) is 0 Å². The number of esters is 1. The van der Waals surface area contributed by atoms with Crippen LogP contribution in [0.4, 0.5) is 0 Å². The number of imidazole rings is 1. The van der Waals surface area contributed by atoms with Gasteiger partial charge < -0.3 is 15.0 Å². The summed E-state index contributed by atoms with van der Waals surface area (Å²) >= 11 is 0. The van der Waals surface area contributed by atoms with Crippen molar-refractivity contribution in [3.63, 3.8) is 0 Å². The predicted molar refractivity (Wildman–Crippen MR) is 67.7 cm³/mol. The molecule has 0 radical (unpaired) electrons. The molecule has 0 bridgehead atoms. The number of ether oxygens (including phenoxy) is 1. The van der Waals surface area contributed by atoms with Crippen LogP contribution in [0, 0.1) is 0 Å². The van der Waals surface area contributed by atoms with Crippen molar-refractivity contribution in [2.75, 3.05) is 20.2 Å². The first-order valence-corrected chi connectivity index (χ1v) is 6.06. The Morgan fingerprint density at radius 2 is 2.39 bits per heavy atom. The fraction of sp³-hybridized carbons (Fsp3) is 0.385. The molecular weight excluding hydrogens is 230 g/mol. The maximum atomic E-state index is 11.5. The summed E-state index contributed by atoms with van der Waals surface area (Å²) in [7, 11) is 1.38. The summed E-state index contributed by atoms with van der Waals surface area (Å²) in [5.74, 6) is 1.12. The van der Waals surface area contributed by atoms with E-state index in [0.717, 1.165) is 36.4 Å². The number of carbonyl (C=O) groups excluding carboxylic acids is 1. The highest BCUT2D eigenvalue weighted by Crippen LogP contribution is 2.23. The highest BCUT2D eigenvalue weighted by atomic mass is 16.5. The number of carbonyl (C=O) groups is 1. The van der Waals surface area contributed by atoms with Crippen LogP contribution in [0.1, 0.15) is 28.5 Å². The standard InChI is InChI=1S/C13H15N3O2/c1-18-13(17)8-2-3-10-11(6-8)16-12(15-10)9-4-5-14-7-9/h2-3,6,9,14H,4-5,7H2,1H3,(H,15,16)/t9-/m0/s1. The van der Waals surface area contributed by atoms with Crippen molar-refractivity contribution in [2.24, 2.45) is 0 Å². The normalized spacial score (nSPS) is 19.3. The van der Waals surface area contributed by atoms with Gasteiger partial charge in [0, 0.05) is 12.5 Å². The minimum atomic E-state index is -0.324. The van der Waals surface area contributed by atoms with Crippen molar-refractivity contribution in [3.8, 4) is 0 Å². The second kappa shape index (κ2) is 4.42. The molecule has 5 nitrogen and oxygen atoms in total. The van der Waals surface area contributed by atoms with Gasteiger partial charge in [-0.3, -0.25) is 0 Å². The van der Waals surface area contributed by atoms with Gasteiger partial charge in [0.05, 0.1) is 23.7 Å². The number of nitrogens with zero attached hydrogens (tertiary/aromatic N) is 1. The number of rotatable bonds is 2. The maximum absolute atomic E-state index is 11.5. The fourth-order valence-corrected chi connectivity index (χ4v) is 2.36. The van der Waals surface area contributed by atoms with E-state index in [0.29, 0.717) is 11.5 Å². The van der Waals surface area contributed by atoms with Gasteiger partial charge in [0.1, 0.15) is 5.82 Å². The van der Waals surface area contributed by atoms with Crippen LogP contribution in [0.5, 0.6) is 0 Å². The number of hydrogen-bond donors (Lipinski definition) is 2. The van der Waals surface area contributed by atoms with Crippen LogP contribution in [-0.4, -0.2) is 36.1 Å². The van der Waals surface area contributed by atoms with E-state index >= 15 is 0 Å². The third kappa shape index (κ3) is 1.86. The van der Waals surface area contributed by atoms with Crippen LogP contribution >= 0.6 is 0 Å². The molecule has 0 spiro atoms. The van der Waals surface area contributed by atoms with Crippen molar-refractivity contribution in [1.29, 1.82) is 0 Å². The van der Waals surface area contributed by atoms with Gasteiger partial charge in [-0.2, -0.15) is 0 Å². The van der Waals surface area contributed by atoms with E-state index in [1.54, 1.807) is 12.1 Å². The first-order valence-electron chi connectivity index (χ1n) is 6.06. The summed E-state index contributed by atoms with van der Waals surface area (Å²) in [6.45, 7) is 2.00. The average Bonchev–Trinajstić information content (AvgIpc) is 3.04. The Kier molecular flexibility index (Phi) is 2.76. The number of hydrogen-bond acceptors (Lipinski definition) is 4. The van der Waals surface area contributed by atoms with Gasteiger partial charge in [0.2, 0.25) is 0 Å². The van der Waals surface area contributed by atoms with E-state index in [1.165, 1.54) is 7.11 Å². The Bertz CT molecular complexity index is 585. The Balaban J connectivity index is 1.98. The quantitative estimate of drug-likeness (QED) is 0.785. The number of benzene rings is 1. The minimum Gasteiger partial charge on any atom is -0.465 e. The summed E-state index contributed by atoms with van der Waals surface area (Å²) in [5, 5.41) is 3.32. The Labute approximate surface area is 105 Å². The van der Waals surface area contributed by atoms with Gasteiger partial charge in [-0.05, 0) is 31.2 Å². The van der Waals surface area contributed by atoms with E-state index in [9.17, 15) is 4.79 Å². The molecule has 1 atom stereocenters. The molecule has 0 amide bonds. The van der Waals surface area contributed by atoms with Gasteiger partial charge in [-0.1, -0.05) is 0 Å². The van der Waals surface area contributed by atoms with Crippen LogP contribution < -0.4 is 5.32 Å². The van der Waals surface area contributed by atoms with Crippen molar-refractivity contribution in [3.05, 3.63) is 29.6 Å². The van der Waals surface area contributed by atoms with Crippen LogP contribution in [0.25, 0.3) is 11.0 Å². The zero-order valence-corrected chi connectivity index (χ0v) is 10.2. The van der Waals surface area contributed by atoms with Crippen LogP contribution in [-0.2, 0) is 4.74 Å². The molecule has 1 aromatic carbocycles. The summed E-state index contributed by atoms with van der Waals surface area (Å²) in [6.07, 6.45) is 1.10. The molecule has 1 aliphatic heterocycles. The Hall–Kier alpha value is -1.88. The minimum absolute atomic E-state index is 0.324. The molecular formula is C13H15N3O2. The molecule has 2 heterocycles. The molecule has 18 heavy (non-hydrogen) atoms. The lowest BCUT2D eigenvalue weighted by Gasteiger charge is -2.01. The first kappa shape index (κ1) is 11.2. The summed E-state index contributed by atoms with van der Waals surface area (Å²) in [6, 6.07) is 5.38. The second-order valence-corrected chi connectivity index (χ2v) is 4.54. The van der Waals surface area contributed by atoms with Gasteiger partial charge in [-0.25, -0.2) is 9.78 Å². The molecule has 1 aliphatic rings. The fourth-order valence-electron chi connectivity index (χ4n) is 2.36. The summed E-state index contributed by atoms with van der Waals surface area (Å²) in [4.78, 5) is 19.3. The van der Waals surface area contributed by atoms with Crippen molar-refractivity contribution < 1.29 is 9.53 Å². The van der Waals surface area contributed by atoms with Gasteiger partial charge >= 0.3 is 5.97 Å². The lowest BCUT2D eigenvalue weighted by molar-refractivity contribution is 0.0601. The summed E-state index contributed by atoms with van der Waals surface area (Å²) in [5.41, 5.74) is 2.33. The molecule has 0 unspecified atom stereocenters. The molecule has 5 heteroatoms. The van der Waals surface area contributed by atoms with E-state index in [2.05, 4.69) is 15.3 Å². The zero-order chi connectivity index (χ0) is 12.5. The highest BCUT2D eigenvalue weighted by molar-refractivity contribution is 5.93. The van der Waals surface area contributed by atoms with Crippen LogP contribution in [0.3, 0.4) is 0 Å². The third-order valence-corrected chi connectivity index (χ3v) is 3.37. The topological polar surface area (TPSA) is 67.0 Å². The largest absolute Gasteiger partial charge is 0.465 e. The van der Waals surface area contributed by atoms with E-state index in [-0.39, 0.29) is 5.97 Å². The molecule has 2 N–H and O–H groups in total. The molecule has 94 valence electrons. The zero-order valence-electron chi connectivity index (χ0n) is 10.2. The SMILES string of the molecule is COC(=O)c1ccc2nc([C@H]3CCNC3)[nH]c2c1. The number of methoxy groups -OCH3 is 1. The van der Waals surface area contributed by atoms with E-state index < -0.39 is 0 Å². The van der Waals surface area contributed by atoms with E-state index in [1.807, 2.05) is 6.07 Å². The second-order valence-electron chi connectivity index (χ2n) is 4.54. The molecule has 0 saturated carbocycles. The van der Waals surface area contributed by atoms with Gasteiger partial charge in [0.15, 0.2) is 0 Å². The lowest BCUT2D eigenvalue weighted by Crippen LogP contribution is -2.08. The number of nitrogens with one attached hydrogen (secondary N) is 2. The highest BCUT2D eigenvalue weighted by Gasteiger charge is 2.20. The molecule has 1 aromatic heterocycles. The monoisotopic (exact) mass is 245 g/mol. The van der Waals surface area contributed by atoms with E-state index in [4.69, 9.17) is 4.74 Å². The third-order valence-electron chi connectivity index (χ3n) is 3.37. The van der Waals surface area contributed by atoms with Gasteiger partial charge in [-0.15, -0.1) is 0 Å². The van der Waals surface area contributed by atoms with Crippen molar-refractivity contribution in [2.45, 2.75) is 12.3 Å². The Morgan fingerprint density at radius 3 is 3.11 bits per heavy atom. The Morgan fingerprint density at radius 1 is 1.50 bits per heavy atom. The van der Waals surface area contributed by atoms with Crippen LogP contribution in [0.15, 0.2) is 18.2 Å². The van der Waals surface area contributed by atoms with Gasteiger partial charge in [0.25, 0.3) is 0 Å². The average molecular weight is 245 g/mol. The first-order chi connectivity index (χ1) is 8.78. The smallest absolute Gasteiger partial charge is 0.337 e. The number of aromatic amines is 1. The molecule has 1 fully saturated rings. The maximum Gasteiger partial charge on any atom is 0.337 e. The molecule has 1 saturated heterocycles. The number of H-pyrrole nitrogens is 1. The molecule has 3 rings (SSSR count).